The number of hydrogen-bond acceptors (Lipinski definition) is 7. The molecule has 0 bridgehead atoms. The van der Waals surface area contributed by atoms with E-state index >= 15 is 0 Å². The second-order valence-corrected chi connectivity index (χ2v) is 8.36. The Kier molecular flexibility index (Phi) is 6.09. The standard InChI is InChI=1S/C25H27N7O2/c1-34-20-14-17(7-8-19(20)30-21(33)13-16-5-3-2-4-6-16)23-22-24(26)28-15-29-25(22)32(31-23)18-9-11-27-12-10-18/h2-8,14-15,18,27H,9-13H2,1H3,(H,30,33)(H2,26,28,29). The van der Waals surface area contributed by atoms with Crippen molar-refractivity contribution in [1.82, 2.24) is 25.1 Å². The van der Waals surface area contributed by atoms with Crippen molar-refractivity contribution in [2.75, 3.05) is 31.2 Å². The summed E-state index contributed by atoms with van der Waals surface area (Å²) >= 11 is 0. The summed E-state index contributed by atoms with van der Waals surface area (Å²) in [5.74, 6) is 0.814. The highest BCUT2D eigenvalue weighted by Gasteiger charge is 2.24. The van der Waals surface area contributed by atoms with E-state index in [1.165, 1.54) is 6.33 Å². The molecule has 5 rings (SSSR count). The number of rotatable bonds is 6. The van der Waals surface area contributed by atoms with E-state index in [0.717, 1.165) is 48.1 Å². The zero-order chi connectivity index (χ0) is 23.5. The number of nitrogens with one attached hydrogen (secondary N) is 2. The van der Waals surface area contributed by atoms with Crippen LogP contribution in [0, 0.1) is 0 Å². The Balaban J connectivity index is 1.48. The van der Waals surface area contributed by atoms with Crippen LogP contribution in [0.1, 0.15) is 24.4 Å². The van der Waals surface area contributed by atoms with Crippen LogP contribution in [-0.4, -0.2) is 45.9 Å². The number of amides is 1. The normalized spacial score (nSPS) is 14.3. The first-order chi connectivity index (χ1) is 16.6. The van der Waals surface area contributed by atoms with Crippen LogP contribution in [0.4, 0.5) is 11.5 Å². The van der Waals surface area contributed by atoms with Crippen LogP contribution in [0.2, 0.25) is 0 Å². The topological polar surface area (TPSA) is 120 Å². The fourth-order valence-electron chi connectivity index (χ4n) is 4.42. The number of fused-ring (bicyclic) bond motifs is 1. The van der Waals surface area contributed by atoms with E-state index in [9.17, 15) is 4.79 Å². The number of piperidine rings is 1. The third-order valence-corrected chi connectivity index (χ3v) is 6.13. The van der Waals surface area contributed by atoms with Gasteiger partial charge in [0.15, 0.2) is 5.65 Å². The summed E-state index contributed by atoms with van der Waals surface area (Å²) in [7, 11) is 1.58. The molecule has 2 aromatic heterocycles. The van der Waals surface area contributed by atoms with Crippen molar-refractivity contribution in [3.63, 3.8) is 0 Å². The third kappa shape index (κ3) is 4.29. The van der Waals surface area contributed by atoms with E-state index in [-0.39, 0.29) is 18.4 Å². The van der Waals surface area contributed by atoms with E-state index in [1.54, 1.807) is 7.11 Å². The van der Waals surface area contributed by atoms with Gasteiger partial charge in [0, 0.05) is 5.56 Å². The number of nitrogens with two attached hydrogens (primary N) is 1. The summed E-state index contributed by atoms with van der Waals surface area (Å²) in [6.07, 6.45) is 3.70. The minimum absolute atomic E-state index is 0.115. The van der Waals surface area contributed by atoms with Crippen molar-refractivity contribution in [2.45, 2.75) is 25.3 Å². The largest absolute Gasteiger partial charge is 0.495 e. The van der Waals surface area contributed by atoms with Gasteiger partial charge in [-0.3, -0.25) is 4.79 Å². The van der Waals surface area contributed by atoms with E-state index in [1.807, 2.05) is 53.2 Å². The van der Waals surface area contributed by atoms with Gasteiger partial charge in [-0.15, -0.1) is 0 Å². The molecular weight excluding hydrogens is 430 g/mol. The minimum Gasteiger partial charge on any atom is -0.495 e. The number of benzene rings is 2. The second kappa shape index (κ2) is 9.48. The smallest absolute Gasteiger partial charge is 0.228 e. The van der Waals surface area contributed by atoms with Crippen LogP contribution in [0.5, 0.6) is 5.75 Å². The van der Waals surface area contributed by atoms with Gasteiger partial charge in [0.05, 0.1) is 30.6 Å². The van der Waals surface area contributed by atoms with Crippen molar-refractivity contribution in [3.05, 3.63) is 60.4 Å². The first-order valence-electron chi connectivity index (χ1n) is 11.4. The van der Waals surface area contributed by atoms with E-state index in [4.69, 9.17) is 15.6 Å². The third-order valence-electron chi connectivity index (χ3n) is 6.13. The molecule has 3 heterocycles. The van der Waals surface area contributed by atoms with Crippen LogP contribution in [0.3, 0.4) is 0 Å². The van der Waals surface area contributed by atoms with Gasteiger partial charge in [0.1, 0.15) is 23.6 Å². The lowest BCUT2D eigenvalue weighted by atomic mass is 10.1. The van der Waals surface area contributed by atoms with Gasteiger partial charge in [-0.25, -0.2) is 14.6 Å². The number of carbonyl (C=O) groups excluding carboxylic acids is 1. The predicted molar refractivity (Wildman–Crippen MR) is 132 cm³/mol. The summed E-state index contributed by atoms with van der Waals surface area (Å²) in [5.41, 5.74) is 10.1. The molecule has 1 aliphatic rings. The highest BCUT2D eigenvalue weighted by Crippen LogP contribution is 2.36. The first kappa shape index (κ1) is 21.8. The van der Waals surface area contributed by atoms with Crippen molar-refractivity contribution in [3.8, 4) is 17.0 Å². The summed E-state index contributed by atoms with van der Waals surface area (Å²) in [6, 6.07) is 15.4. The van der Waals surface area contributed by atoms with E-state index in [2.05, 4.69) is 20.6 Å². The monoisotopic (exact) mass is 457 g/mol. The number of methoxy groups -OCH3 is 1. The van der Waals surface area contributed by atoms with Gasteiger partial charge in [-0.2, -0.15) is 5.10 Å². The molecule has 174 valence electrons. The van der Waals surface area contributed by atoms with Crippen LogP contribution < -0.4 is 21.1 Å². The Morgan fingerprint density at radius 2 is 1.97 bits per heavy atom. The van der Waals surface area contributed by atoms with Gasteiger partial charge in [-0.05, 0) is 43.6 Å². The molecule has 0 radical (unpaired) electrons. The maximum absolute atomic E-state index is 12.6. The second-order valence-electron chi connectivity index (χ2n) is 8.36. The SMILES string of the molecule is COc1cc(-c2nn(C3CCNCC3)c3ncnc(N)c23)ccc1NC(=O)Cc1ccccc1. The first-order valence-corrected chi connectivity index (χ1v) is 11.4. The van der Waals surface area contributed by atoms with Gasteiger partial charge in [0.25, 0.3) is 0 Å². The lowest BCUT2D eigenvalue weighted by molar-refractivity contribution is -0.115. The number of nitrogen functional groups attached to an aromatic ring is 1. The lowest BCUT2D eigenvalue weighted by Crippen LogP contribution is -2.30. The molecule has 0 aliphatic carbocycles. The molecule has 0 saturated carbocycles. The zero-order valence-corrected chi connectivity index (χ0v) is 19.0. The average molecular weight is 458 g/mol. The molecule has 2 aromatic carbocycles. The summed E-state index contributed by atoms with van der Waals surface area (Å²) < 4.78 is 7.58. The molecule has 0 unspecified atom stereocenters. The molecule has 0 atom stereocenters. The molecule has 1 saturated heterocycles. The van der Waals surface area contributed by atoms with Crippen LogP contribution in [0.15, 0.2) is 54.9 Å². The fourth-order valence-corrected chi connectivity index (χ4v) is 4.42. The fraction of sp³-hybridized carbons (Fsp3) is 0.280. The Morgan fingerprint density at radius 3 is 2.74 bits per heavy atom. The Bertz CT molecular complexity index is 1310. The van der Waals surface area contributed by atoms with Crippen molar-refractivity contribution in [2.24, 2.45) is 0 Å². The summed E-state index contributed by atoms with van der Waals surface area (Å²) in [4.78, 5) is 21.3. The van der Waals surface area contributed by atoms with Crippen molar-refractivity contribution < 1.29 is 9.53 Å². The molecule has 1 amide bonds. The Hall–Kier alpha value is -3.98. The highest BCUT2D eigenvalue weighted by molar-refractivity contribution is 5.99. The van der Waals surface area contributed by atoms with Gasteiger partial charge < -0.3 is 21.1 Å². The molecule has 9 nitrogen and oxygen atoms in total. The van der Waals surface area contributed by atoms with Gasteiger partial charge in [-0.1, -0.05) is 36.4 Å². The lowest BCUT2D eigenvalue weighted by Gasteiger charge is -2.23. The van der Waals surface area contributed by atoms with Crippen molar-refractivity contribution in [1.29, 1.82) is 0 Å². The maximum atomic E-state index is 12.6. The molecule has 1 aliphatic heterocycles. The quantitative estimate of drug-likeness (QED) is 0.407. The minimum atomic E-state index is -0.115. The number of hydrogen-bond donors (Lipinski definition) is 3. The molecule has 9 heteroatoms. The van der Waals surface area contributed by atoms with Crippen LogP contribution in [0.25, 0.3) is 22.3 Å². The van der Waals surface area contributed by atoms with Crippen molar-refractivity contribution >= 4 is 28.4 Å². The summed E-state index contributed by atoms with van der Waals surface area (Å²) in [6.45, 7) is 1.88. The average Bonchev–Trinajstić information content (AvgIpc) is 3.26. The van der Waals surface area contributed by atoms with Crippen LogP contribution >= 0.6 is 0 Å². The molecular formula is C25H27N7O2. The van der Waals surface area contributed by atoms with E-state index in [0.29, 0.717) is 22.9 Å². The van der Waals surface area contributed by atoms with Crippen LogP contribution in [-0.2, 0) is 11.2 Å². The molecule has 4 N–H and O–H groups in total. The molecule has 4 aromatic rings. The Morgan fingerprint density at radius 1 is 1.18 bits per heavy atom. The number of anilines is 2. The summed E-state index contributed by atoms with van der Waals surface area (Å²) in [5, 5.41) is 12.0. The predicted octanol–water partition coefficient (Wildman–Crippen LogP) is 3.19. The highest BCUT2D eigenvalue weighted by atomic mass is 16.5. The zero-order valence-electron chi connectivity index (χ0n) is 19.0. The number of carbonyl (C=O) groups is 1. The van der Waals surface area contributed by atoms with Gasteiger partial charge >= 0.3 is 0 Å². The Labute approximate surface area is 197 Å². The number of nitrogens with zero attached hydrogens (tertiary/aromatic N) is 4. The maximum Gasteiger partial charge on any atom is 0.228 e. The van der Waals surface area contributed by atoms with Gasteiger partial charge in [0.2, 0.25) is 5.91 Å². The molecule has 34 heavy (non-hydrogen) atoms. The molecule has 1 fully saturated rings. The van der Waals surface area contributed by atoms with E-state index < -0.39 is 0 Å². The number of aromatic nitrogens is 4. The number of ether oxygens (including phenoxy) is 1. The molecule has 0 spiro atoms.